The minimum absolute atomic E-state index is 0.401. The number of hydrogen-bond acceptors (Lipinski definition) is 3. The summed E-state index contributed by atoms with van der Waals surface area (Å²) in [5.41, 5.74) is 2.15. The van der Waals surface area contributed by atoms with Gasteiger partial charge in [0.1, 0.15) is 6.61 Å². The Bertz CT molecular complexity index is 760. The van der Waals surface area contributed by atoms with Gasteiger partial charge in [-0.1, -0.05) is 55.5 Å². The van der Waals surface area contributed by atoms with Gasteiger partial charge >= 0.3 is 0 Å². The first kappa shape index (κ1) is 21.5. The summed E-state index contributed by atoms with van der Waals surface area (Å²) < 4.78 is 12.9. The highest BCUT2D eigenvalue weighted by Crippen LogP contribution is 2.38. The van der Waals surface area contributed by atoms with E-state index in [0.717, 1.165) is 28.1 Å². The van der Waals surface area contributed by atoms with Crippen LogP contribution in [0.3, 0.4) is 0 Å². The van der Waals surface area contributed by atoms with Gasteiger partial charge in [-0.05, 0) is 59.5 Å². The minimum atomic E-state index is 0.401. The molecule has 0 spiro atoms. The van der Waals surface area contributed by atoms with Crippen molar-refractivity contribution in [2.45, 2.75) is 64.6 Å². The Morgan fingerprint density at radius 3 is 2.54 bits per heavy atom. The molecule has 3 rings (SSSR count). The molecular weight excluding hydrogens is 438 g/mol. The number of benzene rings is 2. The first-order chi connectivity index (χ1) is 13.7. The topological polar surface area (TPSA) is 30.5 Å². The molecule has 0 saturated heterocycles. The molecule has 2 aromatic carbocycles. The van der Waals surface area contributed by atoms with Crippen molar-refractivity contribution < 1.29 is 9.47 Å². The van der Waals surface area contributed by atoms with Gasteiger partial charge in [0, 0.05) is 23.2 Å². The van der Waals surface area contributed by atoms with Gasteiger partial charge in [0.05, 0.1) is 11.1 Å². The van der Waals surface area contributed by atoms with E-state index in [9.17, 15) is 0 Å². The van der Waals surface area contributed by atoms with Gasteiger partial charge in [0.2, 0.25) is 0 Å². The number of ether oxygens (including phenoxy) is 2. The van der Waals surface area contributed by atoms with E-state index >= 15 is 0 Å². The highest BCUT2D eigenvalue weighted by molar-refractivity contribution is 9.10. The summed E-state index contributed by atoms with van der Waals surface area (Å²) in [6.45, 7) is 3.82. The maximum Gasteiger partial charge on any atom is 0.175 e. The average molecular weight is 467 g/mol. The van der Waals surface area contributed by atoms with Crippen molar-refractivity contribution in [3.63, 3.8) is 0 Å². The smallest absolute Gasteiger partial charge is 0.175 e. The Labute approximate surface area is 181 Å². The van der Waals surface area contributed by atoms with Crippen LogP contribution in [-0.2, 0) is 13.2 Å². The molecule has 0 aliphatic heterocycles. The van der Waals surface area contributed by atoms with Gasteiger partial charge in [-0.15, -0.1) is 0 Å². The van der Waals surface area contributed by atoms with Crippen molar-refractivity contribution in [2.75, 3.05) is 6.61 Å². The Balaban J connectivity index is 1.69. The fourth-order valence-corrected chi connectivity index (χ4v) is 4.43. The summed E-state index contributed by atoms with van der Waals surface area (Å²) >= 11 is 9.92. The molecule has 5 heteroatoms. The molecule has 28 heavy (non-hydrogen) atoms. The van der Waals surface area contributed by atoms with Gasteiger partial charge in [-0.3, -0.25) is 0 Å². The van der Waals surface area contributed by atoms with E-state index in [0.29, 0.717) is 24.3 Å². The van der Waals surface area contributed by atoms with Gasteiger partial charge in [0.15, 0.2) is 11.5 Å². The van der Waals surface area contributed by atoms with Crippen LogP contribution in [0.15, 0.2) is 40.9 Å². The van der Waals surface area contributed by atoms with E-state index in [1.165, 1.54) is 44.1 Å². The van der Waals surface area contributed by atoms with Crippen LogP contribution in [-0.4, -0.2) is 12.6 Å². The molecule has 2 aromatic rings. The normalized spacial score (nSPS) is 15.2. The fraction of sp³-hybridized carbons (Fsp3) is 0.478. The van der Waals surface area contributed by atoms with Crippen LogP contribution in [0.25, 0.3) is 0 Å². The second-order valence-corrected chi connectivity index (χ2v) is 8.55. The van der Waals surface area contributed by atoms with Crippen molar-refractivity contribution in [2.24, 2.45) is 0 Å². The highest BCUT2D eigenvalue weighted by atomic mass is 79.9. The second kappa shape index (κ2) is 11.1. The third kappa shape index (κ3) is 6.13. The molecule has 0 atom stereocenters. The zero-order chi connectivity index (χ0) is 19.8. The number of nitrogens with one attached hydrogen (secondary N) is 1. The standard InChI is InChI=1S/C23H29BrClNO2/c1-2-27-22-14-17(15-26-19-10-5-3-4-6-11-19)13-20(24)23(22)28-16-18-9-7-8-12-21(18)25/h7-9,12-14,19,26H,2-6,10-11,15-16H2,1H3. The lowest BCUT2D eigenvalue weighted by molar-refractivity contribution is 0.267. The van der Waals surface area contributed by atoms with E-state index in [4.69, 9.17) is 21.1 Å². The van der Waals surface area contributed by atoms with Gasteiger partial charge in [0.25, 0.3) is 0 Å². The summed E-state index contributed by atoms with van der Waals surface area (Å²) in [6.07, 6.45) is 7.96. The van der Waals surface area contributed by atoms with E-state index in [1.807, 2.05) is 31.2 Å². The molecule has 1 saturated carbocycles. The molecule has 152 valence electrons. The van der Waals surface area contributed by atoms with E-state index < -0.39 is 0 Å². The first-order valence-electron chi connectivity index (χ1n) is 10.2. The quantitative estimate of drug-likeness (QED) is 0.429. The summed E-state index contributed by atoms with van der Waals surface area (Å²) in [5, 5.41) is 4.43. The largest absolute Gasteiger partial charge is 0.490 e. The molecule has 1 aliphatic rings. The first-order valence-corrected chi connectivity index (χ1v) is 11.4. The molecule has 0 heterocycles. The summed E-state index contributed by atoms with van der Waals surface area (Å²) in [5.74, 6) is 1.49. The zero-order valence-electron chi connectivity index (χ0n) is 16.5. The molecule has 0 aromatic heterocycles. The van der Waals surface area contributed by atoms with Crippen molar-refractivity contribution in [1.29, 1.82) is 0 Å². The van der Waals surface area contributed by atoms with Gasteiger partial charge in [-0.2, -0.15) is 0 Å². The molecule has 1 fully saturated rings. The molecule has 0 radical (unpaired) electrons. The van der Waals surface area contributed by atoms with Crippen LogP contribution in [0, 0.1) is 0 Å². The maximum absolute atomic E-state index is 6.25. The third-order valence-corrected chi connectivity index (χ3v) is 6.11. The fourth-order valence-electron chi connectivity index (χ4n) is 3.64. The number of halogens is 2. The zero-order valence-corrected chi connectivity index (χ0v) is 18.8. The van der Waals surface area contributed by atoms with E-state index in [-0.39, 0.29) is 0 Å². The predicted molar refractivity (Wildman–Crippen MR) is 119 cm³/mol. The lowest BCUT2D eigenvalue weighted by atomic mass is 10.1. The SMILES string of the molecule is CCOc1cc(CNC2CCCCCC2)cc(Br)c1OCc1ccccc1Cl. The van der Waals surface area contributed by atoms with Crippen molar-refractivity contribution in [1.82, 2.24) is 5.32 Å². The van der Waals surface area contributed by atoms with E-state index in [2.05, 4.69) is 33.4 Å². The summed E-state index contributed by atoms with van der Waals surface area (Å²) in [7, 11) is 0. The molecular formula is C23H29BrClNO2. The molecule has 0 unspecified atom stereocenters. The predicted octanol–water partition coefficient (Wildman–Crippen LogP) is 6.89. The number of rotatable bonds is 8. The van der Waals surface area contributed by atoms with Crippen LogP contribution in [0.5, 0.6) is 11.5 Å². The lowest BCUT2D eigenvalue weighted by Crippen LogP contribution is -2.27. The van der Waals surface area contributed by atoms with Crippen LogP contribution < -0.4 is 14.8 Å². The molecule has 1 N–H and O–H groups in total. The Kier molecular flexibility index (Phi) is 8.50. The minimum Gasteiger partial charge on any atom is -0.490 e. The second-order valence-electron chi connectivity index (χ2n) is 7.29. The summed E-state index contributed by atoms with van der Waals surface area (Å²) in [6, 6.07) is 12.6. The Morgan fingerprint density at radius 1 is 1.07 bits per heavy atom. The maximum atomic E-state index is 6.25. The lowest BCUT2D eigenvalue weighted by Gasteiger charge is -2.19. The van der Waals surface area contributed by atoms with Crippen molar-refractivity contribution >= 4 is 27.5 Å². The van der Waals surface area contributed by atoms with Crippen molar-refractivity contribution in [3.8, 4) is 11.5 Å². The van der Waals surface area contributed by atoms with Gasteiger partial charge < -0.3 is 14.8 Å². The molecule has 0 bridgehead atoms. The highest BCUT2D eigenvalue weighted by Gasteiger charge is 2.15. The Hall–Kier alpha value is -1.23. The van der Waals surface area contributed by atoms with Crippen LogP contribution in [0.2, 0.25) is 5.02 Å². The number of hydrogen-bond donors (Lipinski definition) is 1. The summed E-state index contributed by atoms with van der Waals surface area (Å²) in [4.78, 5) is 0. The van der Waals surface area contributed by atoms with Crippen LogP contribution in [0.4, 0.5) is 0 Å². The van der Waals surface area contributed by atoms with Gasteiger partial charge in [-0.25, -0.2) is 0 Å². The average Bonchev–Trinajstić information content (AvgIpc) is 2.96. The van der Waals surface area contributed by atoms with Crippen LogP contribution >= 0.6 is 27.5 Å². The van der Waals surface area contributed by atoms with Crippen molar-refractivity contribution in [3.05, 3.63) is 57.0 Å². The molecule has 1 aliphatic carbocycles. The molecule has 0 amide bonds. The third-order valence-electron chi connectivity index (χ3n) is 5.15. The molecule has 3 nitrogen and oxygen atoms in total. The monoisotopic (exact) mass is 465 g/mol. The Morgan fingerprint density at radius 2 is 1.82 bits per heavy atom. The van der Waals surface area contributed by atoms with Crippen LogP contribution in [0.1, 0.15) is 56.6 Å². The van der Waals surface area contributed by atoms with E-state index in [1.54, 1.807) is 0 Å².